The van der Waals surface area contributed by atoms with Gasteiger partial charge in [0.25, 0.3) is 0 Å². The Morgan fingerprint density at radius 1 is 1.25 bits per heavy atom. The average molecular weight is 280 g/mol. The van der Waals surface area contributed by atoms with Gasteiger partial charge in [0.05, 0.1) is 6.61 Å². The summed E-state index contributed by atoms with van der Waals surface area (Å²) < 4.78 is 5.35. The van der Waals surface area contributed by atoms with Crippen molar-refractivity contribution in [3.8, 4) is 6.01 Å². The van der Waals surface area contributed by atoms with Gasteiger partial charge in [0, 0.05) is 40.2 Å². The van der Waals surface area contributed by atoms with E-state index in [1.54, 1.807) is 14.0 Å². The highest BCUT2D eigenvalue weighted by atomic mass is 16.5. The van der Waals surface area contributed by atoms with Crippen LogP contribution in [0.3, 0.4) is 0 Å². The van der Waals surface area contributed by atoms with Gasteiger partial charge in [-0.2, -0.15) is 15.0 Å². The highest BCUT2D eigenvalue weighted by Crippen LogP contribution is 2.16. The molecule has 0 saturated carbocycles. The first-order chi connectivity index (χ1) is 9.63. The van der Waals surface area contributed by atoms with Crippen LogP contribution in [0.4, 0.5) is 11.9 Å². The van der Waals surface area contributed by atoms with Gasteiger partial charge in [-0.15, -0.1) is 0 Å². The zero-order valence-corrected chi connectivity index (χ0v) is 12.1. The number of nitrogens with one attached hydrogen (secondary N) is 1. The summed E-state index contributed by atoms with van der Waals surface area (Å²) in [6.07, 6.45) is 0. The van der Waals surface area contributed by atoms with Crippen LogP contribution in [0.15, 0.2) is 0 Å². The Kier molecular flexibility index (Phi) is 4.54. The maximum Gasteiger partial charge on any atom is 0.323 e. The lowest BCUT2D eigenvalue weighted by molar-refractivity contribution is -0.129. The summed E-state index contributed by atoms with van der Waals surface area (Å²) in [4.78, 5) is 27.9. The van der Waals surface area contributed by atoms with Crippen LogP contribution >= 0.6 is 0 Å². The number of carbonyl (C=O) groups is 1. The minimum Gasteiger partial charge on any atom is -0.464 e. The fourth-order valence-electron chi connectivity index (χ4n) is 2.01. The Hall–Kier alpha value is -2.12. The van der Waals surface area contributed by atoms with Crippen molar-refractivity contribution in [2.45, 2.75) is 13.8 Å². The van der Waals surface area contributed by atoms with Crippen LogP contribution in [0.25, 0.3) is 0 Å². The van der Waals surface area contributed by atoms with Gasteiger partial charge < -0.3 is 19.9 Å². The van der Waals surface area contributed by atoms with Crippen molar-refractivity contribution >= 4 is 17.8 Å². The van der Waals surface area contributed by atoms with Crippen LogP contribution in [0.1, 0.15) is 13.8 Å². The van der Waals surface area contributed by atoms with Gasteiger partial charge in [0.2, 0.25) is 17.8 Å². The largest absolute Gasteiger partial charge is 0.464 e. The zero-order chi connectivity index (χ0) is 14.5. The number of nitrogens with zero attached hydrogens (tertiary/aromatic N) is 5. The van der Waals surface area contributed by atoms with E-state index in [-0.39, 0.29) is 5.91 Å². The summed E-state index contributed by atoms with van der Waals surface area (Å²) in [6.45, 7) is 6.75. The summed E-state index contributed by atoms with van der Waals surface area (Å²) in [5.74, 6) is 1.16. The molecule has 110 valence electrons. The normalized spacial score (nSPS) is 15.2. The number of aromatic nitrogens is 3. The molecule has 1 aliphatic heterocycles. The first-order valence-electron chi connectivity index (χ1n) is 6.71. The van der Waals surface area contributed by atoms with Gasteiger partial charge in [-0.1, -0.05) is 0 Å². The molecular formula is C12H20N6O2. The number of ether oxygens (including phenoxy) is 1. The Balaban J connectivity index is 2.12. The monoisotopic (exact) mass is 280 g/mol. The molecule has 1 aromatic heterocycles. The van der Waals surface area contributed by atoms with E-state index >= 15 is 0 Å². The van der Waals surface area contributed by atoms with E-state index in [0.717, 1.165) is 0 Å². The fourth-order valence-corrected chi connectivity index (χ4v) is 2.01. The molecular weight excluding hydrogens is 260 g/mol. The molecule has 2 heterocycles. The summed E-state index contributed by atoms with van der Waals surface area (Å²) in [6, 6.07) is 0.316. The second-order valence-corrected chi connectivity index (χ2v) is 4.42. The molecule has 0 spiro atoms. The zero-order valence-electron chi connectivity index (χ0n) is 12.1. The molecule has 2 rings (SSSR count). The van der Waals surface area contributed by atoms with E-state index in [1.807, 2.05) is 16.7 Å². The van der Waals surface area contributed by atoms with E-state index in [9.17, 15) is 4.79 Å². The van der Waals surface area contributed by atoms with Gasteiger partial charge >= 0.3 is 6.01 Å². The van der Waals surface area contributed by atoms with Crippen molar-refractivity contribution in [2.75, 3.05) is 50.1 Å². The Bertz CT molecular complexity index is 473. The van der Waals surface area contributed by atoms with Crippen LogP contribution in [-0.2, 0) is 4.79 Å². The molecule has 0 unspecified atom stereocenters. The van der Waals surface area contributed by atoms with Crippen molar-refractivity contribution in [2.24, 2.45) is 0 Å². The predicted octanol–water partition coefficient (Wildman–Crippen LogP) is -0.0195. The number of anilines is 2. The first-order valence-corrected chi connectivity index (χ1v) is 6.71. The Morgan fingerprint density at radius 3 is 2.50 bits per heavy atom. The van der Waals surface area contributed by atoms with Crippen molar-refractivity contribution in [1.82, 2.24) is 19.9 Å². The quantitative estimate of drug-likeness (QED) is 0.829. The first kappa shape index (κ1) is 14.3. The number of hydrogen-bond acceptors (Lipinski definition) is 7. The second kappa shape index (κ2) is 6.36. The molecule has 8 nitrogen and oxygen atoms in total. The molecule has 0 atom stereocenters. The van der Waals surface area contributed by atoms with E-state index in [1.165, 1.54) is 0 Å². The van der Waals surface area contributed by atoms with Gasteiger partial charge in [-0.25, -0.2) is 0 Å². The number of piperazine rings is 1. The molecule has 1 aliphatic rings. The molecule has 1 fully saturated rings. The van der Waals surface area contributed by atoms with Gasteiger partial charge in [-0.05, 0) is 6.92 Å². The van der Waals surface area contributed by atoms with Crippen LogP contribution in [0, 0.1) is 0 Å². The van der Waals surface area contributed by atoms with E-state index in [4.69, 9.17) is 4.74 Å². The number of amides is 1. The number of carbonyl (C=O) groups excluding carboxylic acids is 1. The van der Waals surface area contributed by atoms with E-state index in [2.05, 4.69) is 20.3 Å². The van der Waals surface area contributed by atoms with Crippen molar-refractivity contribution in [3.05, 3.63) is 0 Å². The fraction of sp³-hybridized carbons (Fsp3) is 0.667. The molecule has 8 heteroatoms. The number of hydrogen-bond donors (Lipinski definition) is 1. The lowest BCUT2D eigenvalue weighted by Crippen LogP contribution is -2.48. The van der Waals surface area contributed by atoms with E-state index in [0.29, 0.717) is 50.7 Å². The Labute approximate surface area is 118 Å². The summed E-state index contributed by atoms with van der Waals surface area (Å²) in [5, 5.41) is 2.90. The lowest BCUT2D eigenvalue weighted by atomic mass is 10.3. The van der Waals surface area contributed by atoms with Crippen LogP contribution in [0.2, 0.25) is 0 Å². The maximum atomic E-state index is 11.3. The second-order valence-electron chi connectivity index (χ2n) is 4.42. The SMILES string of the molecule is CCOc1nc(NC)nc(N2CCN(C(C)=O)CC2)n1. The molecule has 0 bridgehead atoms. The minimum atomic E-state index is 0.103. The topological polar surface area (TPSA) is 83.5 Å². The molecule has 1 N–H and O–H groups in total. The van der Waals surface area contributed by atoms with E-state index < -0.39 is 0 Å². The van der Waals surface area contributed by atoms with Crippen molar-refractivity contribution in [3.63, 3.8) is 0 Å². The van der Waals surface area contributed by atoms with Crippen LogP contribution in [-0.4, -0.2) is 65.6 Å². The van der Waals surface area contributed by atoms with Crippen molar-refractivity contribution in [1.29, 1.82) is 0 Å². The summed E-state index contributed by atoms with van der Waals surface area (Å²) in [5.41, 5.74) is 0. The van der Waals surface area contributed by atoms with Gasteiger partial charge in [0.1, 0.15) is 0 Å². The molecule has 0 radical (unpaired) electrons. The standard InChI is InChI=1S/C12H20N6O2/c1-4-20-12-15-10(13-3)14-11(16-12)18-7-5-17(6-8-18)9(2)19/h4-8H2,1-3H3,(H,13,14,15,16). The average Bonchev–Trinajstić information content (AvgIpc) is 2.47. The molecule has 0 aromatic carbocycles. The molecule has 1 aromatic rings. The molecule has 20 heavy (non-hydrogen) atoms. The van der Waals surface area contributed by atoms with Gasteiger partial charge in [0.15, 0.2) is 0 Å². The highest BCUT2D eigenvalue weighted by molar-refractivity contribution is 5.73. The minimum absolute atomic E-state index is 0.103. The third kappa shape index (κ3) is 3.25. The molecule has 0 aliphatic carbocycles. The smallest absolute Gasteiger partial charge is 0.323 e. The third-order valence-corrected chi connectivity index (χ3v) is 3.11. The summed E-state index contributed by atoms with van der Waals surface area (Å²) in [7, 11) is 1.75. The third-order valence-electron chi connectivity index (χ3n) is 3.11. The lowest BCUT2D eigenvalue weighted by Gasteiger charge is -2.34. The number of rotatable bonds is 4. The molecule has 1 saturated heterocycles. The van der Waals surface area contributed by atoms with Crippen LogP contribution in [0.5, 0.6) is 6.01 Å². The predicted molar refractivity (Wildman–Crippen MR) is 75.0 cm³/mol. The highest BCUT2D eigenvalue weighted by Gasteiger charge is 2.21. The Morgan fingerprint density at radius 2 is 1.95 bits per heavy atom. The molecule has 1 amide bonds. The summed E-state index contributed by atoms with van der Waals surface area (Å²) >= 11 is 0. The maximum absolute atomic E-state index is 11.3. The van der Waals surface area contributed by atoms with Crippen LogP contribution < -0.4 is 15.0 Å². The van der Waals surface area contributed by atoms with Gasteiger partial charge in [-0.3, -0.25) is 4.79 Å². The van der Waals surface area contributed by atoms with Crippen molar-refractivity contribution < 1.29 is 9.53 Å².